The van der Waals surface area contributed by atoms with Crippen LogP contribution in [0.3, 0.4) is 0 Å². The summed E-state index contributed by atoms with van der Waals surface area (Å²) in [6.45, 7) is -3.03. The Balaban J connectivity index is 2.48. The molecule has 106 valence electrons. The first-order chi connectivity index (χ1) is 9.52. The fourth-order valence-electron chi connectivity index (χ4n) is 1.52. The fraction of sp³-hybridized carbons (Fsp3) is 0.167. The summed E-state index contributed by atoms with van der Waals surface area (Å²) in [6.07, 6.45) is 1.04. The normalized spacial score (nSPS) is 10.7. The van der Waals surface area contributed by atoms with Gasteiger partial charge >= 0.3 is 6.61 Å². The van der Waals surface area contributed by atoms with Gasteiger partial charge in [-0.1, -0.05) is 6.07 Å². The minimum absolute atomic E-state index is 0.129. The van der Waals surface area contributed by atoms with Gasteiger partial charge < -0.3 is 9.47 Å². The fourth-order valence-corrected chi connectivity index (χ4v) is 1.89. The van der Waals surface area contributed by atoms with Gasteiger partial charge in [-0.15, -0.1) is 0 Å². The van der Waals surface area contributed by atoms with Crippen molar-refractivity contribution in [2.24, 2.45) is 0 Å². The van der Waals surface area contributed by atoms with Gasteiger partial charge in [0.1, 0.15) is 10.2 Å². The Bertz CT molecular complexity index is 676. The van der Waals surface area contributed by atoms with Gasteiger partial charge in [-0.25, -0.2) is 0 Å². The molecule has 1 aromatic heterocycles. The number of aromatic nitrogens is 2. The number of alkyl halides is 2. The number of halogens is 3. The van der Waals surface area contributed by atoms with Crippen LogP contribution in [0.1, 0.15) is 0 Å². The third kappa shape index (κ3) is 2.96. The number of methoxy groups -OCH3 is 1. The molecule has 8 heteroatoms. The minimum Gasteiger partial charge on any atom is -0.497 e. The van der Waals surface area contributed by atoms with E-state index in [0.717, 1.165) is 10.9 Å². The van der Waals surface area contributed by atoms with Crippen LogP contribution in [-0.4, -0.2) is 23.5 Å². The van der Waals surface area contributed by atoms with E-state index in [2.05, 4.69) is 25.8 Å². The molecule has 0 atom stereocenters. The van der Waals surface area contributed by atoms with Crippen LogP contribution in [0.2, 0.25) is 0 Å². The molecule has 0 bridgehead atoms. The van der Waals surface area contributed by atoms with Crippen molar-refractivity contribution in [2.45, 2.75) is 6.61 Å². The molecule has 1 aromatic carbocycles. The van der Waals surface area contributed by atoms with E-state index in [-0.39, 0.29) is 10.2 Å². The molecule has 20 heavy (non-hydrogen) atoms. The molecule has 0 saturated carbocycles. The second kappa shape index (κ2) is 6.00. The second-order valence-corrected chi connectivity index (χ2v) is 4.41. The van der Waals surface area contributed by atoms with E-state index in [1.165, 1.54) is 7.11 Å². The third-order valence-electron chi connectivity index (χ3n) is 2.40. The quantitative estimate of drug-likeness (QED) is 0.853. The van der Waals surface area contributed by atoms with Crippen LogP contribution >= 0.6 is 15.9 Å². The molecule has 0 saturated heterocycles. The van der Waals surface area contributed by atoms with Crippen molar-refractivity contribution < 1.29 is 18.3 Å². The lowest BCUT2D eigenvalue weighted by atomic mass is 10.3. The Morgan fingerprint density at radius 2 is 2.15 bits per heavy atom. The molecule has 0 unspecified atom stereocenters. The van der Waals surface area contributed by atoms with Gasteiger partial charge in [0.05, 0.1) is 19.0 Å². The van der Waals surface area contributed by atoms with Crippen LogP contribution in [0.5, 0.6) is 11.5 Å². The van der Waals surface area contributed by atoms with Gasteiger partial charge in [-0.05, 0) is 28.1 Å². The van der Waals surface area contributed by atoms with Crippen LogP contribution in [-0.2, 0) is 0 Å². The average Bonchev–Trinajstić information content (AvgIpc) is 2.44. The lowest BCUT2D eigenvalue weighted by molar-refractivity contribution is -0.0508. The molecule has 0 spiro atoms. The molecule has 0 aliphatic carbocycles. The average molecular weight is 347 g/mol. The zero-order valence-corrected chi connectivity index (χ0v) is 11.8. The Morgan fingerprint density at radius 1 is 1.40 bits per heavy atom. The van der Waals surface area contributed by atoms with Crippen molar-refractivity contribution in [1.82, 2.24) is 9.78 Å². The Hall–Kier alpha value is -1.96. The van der Waals surface area contributed by atoms with Gasteiger partial charge in [0.2, 0.25) is 0 Å². The number of hydrogen-bond acceptors (Lipinski definition) is 4. The predicted octanol–water partition coefficient (Wildman–Crippen LogP) is 2.61. The summed E-state index contributed by atoms with van der Waals surface area (Å²) in [4.78, 5) is 12.1. The maximum absolute atomic E-state index is 12.2. The summed E-state index contributed by atoms with van der Waals surface area (Å²) >= 11 is 2.93. The highest BCUT2D eigenvalue weighted by molar-refractivity contribution is 9.10. The van der Waals surface area contributed by atoms with Crippen LogP contribution in [0.25, 0.3) is 5.69 Å². The van der Waals surface area contributed by atoms with E-state index in [9.17, 15) is 13.6 Å². The molecule has 0 amide bonds. The van der Waals surface area contributed by atoms with Gasteiger partial charge in [-0.3, -0.25) is 4.79 Å². The SMILES string of the molecule is COc1cccc(-n2ncc(OC(F)F)c(Br)c2=O)c1. The van der Waals surface area contributed by atoms with E-state index in [0.29, 0.717) is 11.4 Å². The summed E-state index contributed by atoms with van der Waals surface area (Å²) in [7, 11) is 1.49. The summed E-state index contributed by atoms with van der Waals surface area (Å²) in [6, 6.07) is 6.61. The molecule has 2 rings (SSSR count). The number of nitrogens with zero attached hydrogens (tertiary/aromatic N) is 2. The highest BCUT2D eigenvalue weighted by Gasteiger charge is 2.14. The maximum Gasteiger partial charge on any atom is 0.387 e. The van der Waals surface area contributed by atoms with E-state index < -0.39 is 12.2 Å². The smallest absolute Gasteiger partial charge is 0.387 e. The summed E-state index contributed by atoms with van der Waals surface area (Å²) in [5, 5.41) is 3.80. The van der Waals surface area contributed by atoms with Crippen molar-refractivity contribution in [3.8, 4) is 17.2 Å². The van der Waals surface area contributed by atoms with E-state index in [4.69, 9.17) is 4.74 Å². The highest BCUT2D eigenvalue weighted by Crippen LogP contribution is 2.22. The van der Waals surface area contributed by atoms with E-state index >= 15 is 0 Å². The summed E-state index contributed by atoms with van der Waals surface area (Å²) in [5.41, 5.74) is -0.171. The van der Waals surface area contributed by atoms with Crippen molar-refractivity contribution in [2.75, 3.05) is 7.11 Å². The van der Waals surface area contributed by atoms with Crippen molar-refractivity contribution in [3.05, 3.63) is 45.3 Å². The molecular weight excluding hydrogens is 338 g/mol. The minimum atomic E-state index is -3.03. The second-order valence-electron chi connectivity index (χ2n) is 3.62. The van der Waals surface area contributed by atoms with Gasteiger partial charge in [-0.2, -0.15) is 18.6 Å². The Morgan fingerprint density at radius 3 is 2.80 bits per heavy atom. The van der Waals surface area contributed by atoms with E-state index in [1.54, 1.807) is 24.3 Å². The van der Waals surface area contributed by atoms with Gasteiger partial charge in [0, 0.05) is 6.07 Å². The lowest BCUT2D eigenvalue weighted by Crippen LogP contribution is -2.22. The Labute approximate surface area is 120 Å². The van der Waals surface area contributed by atoms with Crippen molar-refractivity contribution >= 4 is 15.9 Å². The standard InChI is InChI=1S/C12H9BrF2N2O3/c1-19-8-4-2-3-7(5-8)17-11(18)10(13)9(6-16-17)20-12(14)15/h2-6,12H,1H3. The van der Waals surface area contributed by atoms with Crippen LogP contribution in [0.4, 0.5) is 8.78 Å². The zero-order chi connectivity index (χ0) is 14.7. The first-order valence-corrected chi connectivity index (χ1v) is 6.19. The highest BCUT2D eigenvalue weighted by atomic mass is 79.9. The molecule has 0 fully saturated rings. The first kappa shape index (κ1) is 14.4. The van der Waals surface area contributed by atoms with E-state index in [1.807, 2.05) is 0 Å². The Kier molecular flexibility index (Phi) is 4.33. The van der Waals surface area contributed by atoms with Crippen molar-refractivity contribution in [3.63, 3.8) is 0 Å². The van der Waals surface area contributed by atoms with Crippen molar-refractivity contribution in [1.29, 1.82) is 0 Å². The van der Waals surface area contributed by atoms with Gasteiger partial charge in [0.25, 0.3) is 5.56 Å². The largest absolute Gasteiger partial charge is 0.497 e. The zero-order valence-electron chi connectivity index (χ0n) is 10.2. The van der Waals surface area contributed by atoms with Gasteiger partial charge in [0.15, 0.2) is 5.75 Å². The van der Waals surface area contributed by atoms with Crippen LogP contribution in [0, 0.1) is 0 Å². The molecule has 0 aliphatic rings. The van der Waals surface area contributed by atoms with Crippen LogP contribution < -0.4 is 15.0 Å². The number of hydrogen-bond donors (Lipinski definition) is 0. The molecule has 0 radical (unpaired) electrons. The third-order valence-corrected chi connectivity index (χ3v) is 3.13. The summed E-state index contributed by atoms with van der Waals surface area (Å²) in [5.74, 6) is 0.226. The molecular formula is C12H9BrF2N2O3. The lowest BCUT2D eigenvalue weighted by Gasteiger charge is -2.09. The predicted molar refractivity (Wildman–Crippen MR) is 70.7 cm³/mol. The number of benzene rings is 1. The monoisotopic (exact) mass is 346 g/mol. The molecule has 5 nitrogen and oxygen atoms in total. The topological polar surface area (TPSA) is 53.4 Å². The van der Waals surface area contributed by atoms with Crippen LogP contribution in [0.15, 0.2) is 39.7 Å². The maximum atomic E-state index is 12.2. The summed E-state index contributed by atoms with van der Waals surface area (Å²) < 4.78 is 34.5. The number of ether oxygens (including phenoxy) is 2. The molecule has 2 aromatic rings. The first-order valence-electron chi connectivity index (χ1n) is 5.40. The molecule has 0 N–H and O–H groups in total. The molecule has 1 heterocycles. The number of rotatable bonds is 4. The molecule has 0 aliphatic heterocycles.